The SMILES string of the molecule is O=C(Nc1ccc(-c2cn3ccccc3n2)cc1)[C@@H]1C[C@@H]1c1ccccc1. The molecule has 4 aromatic rings. The van der Waals surface area contributed by atoms with Gasteiger partial charge >= 0.3 is 0 Å². The molecule has 1 aliphatic carbocycles. The lowest BCUT2D eigenvalue weighted by Crippen LogP contribution is -2.14. The number of fused-ring (bicyclic) bond motifs is 1. The van der Waals surface area contributed by atoms with E-state index in [2.05, 4.69) is 22.4 Å². The van der Waals surface area contributed by atoms with E-state index in [4.69, 9.17) is 0 Å². The Labute approximate surface area is 157 Å². The molecule has 1 aliphatic rings. The molecule has 0 spiro atoms. The van der Waals surface area contributed by atoms with Crippen LogP contribution in [-0.4, -0.2) is 15.3 Å². The molecule has 4 heteroatoms. The Morgan fingerprint density at radius 2 is 1.74 bits per heavy atom. The third-order valence-electron chi connectivity index (χ3n) is 5.17. The van der Waals surface area contributed by atoms with Gasteiger partial charge < -0.3 is 9.72 Å². The first-order valence-electron chi connectivity index (χ1n) is 9.18. The summed E-state index contributed by atoms with van der Waals surface area (Å²) in [7, 11) is 0. The van der Waals surface area contributed by atoms with Crippen molar-refractivity contribution in [3.63, 3.8) is 0 Å². The second-order valence-corrected chi connectivity index (χ2v) is 7.02. The summed E-state index contributed by atoms with van der Waals surface area (Å²) < 4.78 is 2.00. The topological polar surface area (TPSA) is 46.4 Å². The van der Waals surface area contributed by atoms with Crippen molar-refractivity contribution in [1.82, 2.24) is 9.38 Å². The maximum atomic E-state index is 12.5. The third kappa shape index (κ3) is 3.10. The van der Waals surface area contributed by atoms with Crippen molar-refractivity contribution in [1.29, 1.82) is 0 Å². The molecule has 1 N–H and O–H groups in total. The van der Waals surface area contributed by atoms with Crippen LogP contribution in [0, 0.1) is 5.92 Å². The van der Waals surface area contributed by atoms with Gasteiger partial charge in [0.1, 0.15) is 5.65 Å². The molecule has 1 amide bonds. The van der Waals surface area contributed by atoms with E-state index in [1.165, 1.54) is 5.56 Å². The van der Waals surface area contributed by atoms with Crippen molar-refractivity contribution in [3.8, 4) is 11.3 Å². The molecule has 1 saturated carbocycles. The fourth-order valence-corrected chi connectivity index (χ4v) is 3.59. The average molecular weight is 353 g/mol. The van der Waals surface area contributed by atoms with Gasteiger partial charge in [0.25, 0.3) is 0 Å². The highest BCUT2D eigenvalue weighted by molar-refractivity contribution is 5.95. The van der Waals surface area contributed by atoms with Crippen LogP contribution in [0.3, 0.4) is 0 Å². The number of amides is 1. The van der Waals surface area contributed by atoms with Crippen LogP contribution < -0.4 is 5.32 Å². The lowest BCUT2D eigenvalue weighted by Gasteiger charge is -2.06. The van der Waals surface area contributed by atoms with Gasteiger partial charge in [0, 0.05) is 29.6 Å². The quantitative estimate of drug-likeness (QED) is 0.576. The number of hydrogen-bond acceptors (Lipinski definition) is 2. The van der Waals surface area contributed by atoms with Crippen LogP contribution in [0.5, 0.6) is 0 Å². The van der Waals surface area contributed by atoms with Gasteiger partial charge in [-0.25, -0.2) is 4.98 Å². The smallest absolute Gasteiger partial charge is 0.228 e. The summed E-state index contributed by atoms with van der Waals surface area (Å²) >= 11 is 0. The van der Waals surface area contributed by atoms with E-state index in [0.717, 1.165) is 29.0 Å². The molecule has 4 nitrogen and oxygen atoms in total. The highest BCUT2D eigenvalue weighted by atomic mass is 16.2. The van der Waals surface area contributed by atoms with Gasteiger partial charge in [-0.3, -0.25) is 4.79 Å². The zero-order chi connectivity index (χ0) is 18.2. The second kappa shape index (κ2) is 6.40. The number of carbonyl (C=O) groups is 1. The van der Waals surface area contributed by atoms with E-state index in [-0.39, 0.29) is 11.8 Å². The molecule has 0 unspecified atom stereocenters. The highest BCUT2D eigenvalue weighted by Gasteiger charge is 2.43. The van der Waals surface area contributed by atoms with E-state index >= 15 is 0 Å². The van der Waals surface area contributed by atoms with Crippen LogP contribution in [0.1, 0.15) is 17.9 Å². The molecule has 0 radical (unpaired) electrons. The normalized spacial score (nSPS) is 18.4. The summed E-state index contributed by atoms with van der Waals surface area (Å²) in [5, 5.41) is 3.04. The largest absolute Gasteiger partial charge is 0.326 e. The average Bonchev–Trinajstić information content (AvgIpc) is 3.41. The lowest BCUT2D eigenvalue weighted by molar-refractivity contribution is -0.117. The number of imidazole rings is 1. The number of carbonyl (C=O) groups excluding carboxylic acids is 1. The first-order chi connectivity index (χ1) is 13.3. The monoisotopic (exact) mass is 353 g/mol. The number of nitrogens with zero attached hydrogens (tertiary/aromatic N) is 2. The van der Waals surface area contributed by atoms with Crippen molar-refractivity contribution in [2.24, 2.45) is 5.92 Å². The Hall–Kier alpha value is -3.40. The highest BCUT2D eigenvalue weighted by Crippen LogP contribution is 2.47. The summed E-state index contributed by atoms with van der Waals surface area (Å²) in [6.07, 6.45) is 4.92. The molecular formula is C23H19N3O. The zero-order valence-corrected chi connectivity index (χ0v) is 14.7. The first-order valence-corrected chi connectivity index (χ1v) is 9.18. The molecular weight excluding hydrogens is 334 g/mol. The van der Waals surface area contributed by atoms with E-state index in [1.54, 1.807) is 0 Å². The van der Waals surface area contributed by atoms with Crippen molar-refractivity contribution < 1.29 is 4.79 Å². The number of benzene rings is 2. The number of pyridine rings is 1. The number of rotatable bonds is 4. The van der Waals surface area contributed by atoms with E-state index < -0.39 is 0 Å². The number of anilines is 1. The van der Waals surface area contributed by atoms with Crippen molar-refractivity contribution in [2.45, 2.75) is 12.3 Å². The lowest BCUT2D eigenvalue weighted by atomic mass is 10.1. The van der Waals surface area contributed by atoms with Crippen LogP contribution in [-0.2, 0) is 4.79 Å². The van der Waals surface area contributed by atoms with Gasteiger partial charge in [-0.1, -0.05) is 48.5 Å². The van der Waals surface area contributed by atoms with Gasteiger partial charge in [0.15, 0.2) is 0 Å². The van der Waals surface area contributed by atoms with Gasteiger partial charge in [-0.15, -0.1) is 0 Å². The van der Waals surface area contributed by atoms with Gasteiger partial charge in [-0.05, 0) is 42.2 Å². The predicted octanol–water partition coefficient (Wildman–Crippen LogP) is 4.74. The van der Waals surface area contributed by atoms with Crippen LogP contribution in [0.2, 0.25) is 0 Å². The van der Waals surface area contributed by atoms with Crippen molar-refractivity contribution in [3.05, 3.63) is 90.8 Å². The number of aromatic nitrogens is 2. The van der Waals surface area contributed by atoms with Gasteiger partial charge in [0.2, 0.25) is 5.91 Å². The predicted molar refractivity (Wildman–Crippen MR) is 107 cm³/mol. The molecule has 2 atom stereocenters. The summed E-state index contributed by atoms with van der Waals surface area (Å²) in [4.78, 5) is 17.1. The molecule has 5 rings (SSSR count). The van der Waals surface area contributed by atoms with E-state index in [1.807, 2.05) is 77.5 Å². The fraction of sp³-hybridized carbons (Fsp3) is 0.130. The zero-order valence-electron chi connectivity index (χ0n) is 14.7. The van der Waals surface area contributed by atoms with Gasteiger partial charge in [0.05, 0.1) is 5.69 Å². The minimum Gasteiger partial charge on any atom is -0.326 e. The molecule has 0 bridgehead atoms. The molecule has 1 fully saturated rings. The van der Waals surface area contributed by atoms with Crippen LogP contribution in [0.15, 0.2) is 85.2 Å². The molecule has 2 aromatic heterocycles. The second-order valence-electron chi connectivity index (χ2n) is 7.02. The Balaban J connectivity index is 1.27. The summed E-state index contributed by atoms with van der Waals surface area (Å²) in [6.45, 7) is 0. The number of nitrogens with one attached hydrogen (secondary N) is 1. The van der Waals surface area contributed by atoms with E-state index in [9.17, 15) is 4.79 Å². The first kappa shape index (κ1) is 15.8. The standard InChI is InChI=1S/C23H19N3O/c27-23(20-14-19(20)16-6-2-1-3-7-16)24-18-11-9-17(10-12-18)21-15-26-13-5-4-8-22(26)25-21/h1-13,15,19-20H,14H2,(H,24,27)/t19-,20-/m1/s1. The maximum Gasteiger partial charge on any atom is 0.228 e. The van der Waals surface area contributed by atoms with Crippen molar-refractivity contribution >= 4 is 17.2 Å². The molecule has 27 heavy (non-hydrogen) atoms. The van der Waals surface area contributed by atoms with E-state index in [0.29, 0.717) is 5.92 Å². The Kier molecular flexibility index (Phi) is 3.75. The third-order valence-corrected chi connectivity index (χ3v) is 5.17. The summed E-state index contributed by atoms with van der Waals surface area (Å²) in [6, 6.07) is 24.1. The summed E-state index contributed by atoms with van der Waals surface area (Å²) in [5.41, 5.74) is 4.95. The number of hydrogen-bond donors (Lipinski definition) is 1. The summed E-state index contributed by atoms with van der Waals surface area (Å²) in [5.74, 6) is 0.526. The van der Waals surface area contributed by atoms with Crippen LogP contribution in [0.25, 0.3) is 16.9 Å². The molecule has 132 valence electrons. The maximum absolute atomic E-state index is 12.5. The van der Waals surface area contributed by atoms with Crippen LogP contribution in [0.4, 0.5) is 5.69 Å². The minimum atomic E-state index is 0.0746. The Morgan fingerprint density at radius 1 is 0.963 bits per heavy atom. The van der Waals surface area contributed by atoms with Gasteiger partial charge in [-0.2, -0.15) is 0 Å². The fourth-order valence-electron chi connectivity index (χ4n) is 3.59. The van der Waals surface area contributed by atoms with Crippen LogP contribution >= 0.6 is 0 Å². The molecule has 0 saturated heterocycles. The molecule has 2 heterocycles. The molecule has 2 aromatic carbocycles. The Bertz CT molecular complexity index is 1070. The molecule has 0 aliphatic heterocycles. The van der Waals surface area contributed by atoms with Crippen molar-refractivity contribution in [2.75, 3.05) is 5.32 Å². The minimum absolute atomic E-state index is 0.0746. The Morgan fingerprint density at radius 3 is 2.52 bits per heavy atom.